The Hall–Kier alpha value is -2.95. The summed E-state index contributed by atoms with van der Waals surface area (Å²) >= 11 is 0. The lowest BCUT2D eigenvalue weighted by Gasteiger charge is -2.08. The molecule has 5 heteroatoms. The van der Waals surface area contributed by atoms with Crippen LogP contribution in [0, 0.1) is 0 Å². The Morgan fingerprint density at radius 2 is 1.91 bits per heavy atom. The van der Waals surface area contributed by atoms with Crippen LogP contribution in [0.2, 0.25) is 0 Å². The fourth-order valence-corrected chi connectivity index (χ4v) is 2.20. The standard InChI is InChI=1S/C18H18N4O/c1-2-23-18-10-17(21-13-22-18)20-11-14-5-7-15(8-6-14)16-4-3-9-19-12-16/h3-10,12-13H,2,11H2,1H3,(H,20,21,22). The third-order valence-corrected chi connectivity index (χ3v) is 3.36. The van der Waals surface area contributed by atoms with Crippen molar-refractivity contribution in [2.75, 3.05) is 11.9 Å². The van der Waals surface area contributed by atoms with Crippen LogP contribution in [0.4, 0.5) is 5.82 Å². The highest BCUT2D eigenvalue weighted by molar-refractivity contribution is 5.62. The lowest BCUT2D eigenvalue weighted by atomic mass is 10.1. The lowest BCUT2D eigenvalue weighted by Crippen LogP contribution is -2.03. The molecule has 1 aromatic carbocycles. The van der Waals surface area contributed by atoms with Crippen LogP contribution in [0.15, 0.2) is 61.2 Å². The second kappa shape index (κ2) is 7.35. The number of nitrogens with zero attached hydrogens (tertiary/aromatic N) is 3. The van der Waals surface area contributed by atoms with Gasteiger partial charge in [-0.3, -0.25) is 4.98 Å². The third-order valence-electron chi connectivity index (χ3n) is 3.36. The van der Waals surface area contributed by atoms with Gasteiger partial charge in [0.25, 0.3) is 0 Å². The Kier molecular flexibility index (Phi) is 4.79. The lowest BCUT2D eigenvalue weighted by molar-refractivity contribution is 0.326. The maximum Gasteiger partial charge on any atom is 0.218 e. The number of hydrogen-bond acceptors (Lipinski definition) is 5. The summed E-state index contributed by atoms with van der Waals surface area (Å²) in [4.78, 5) is 12.4. The number of pyridine rings is 1. The maximum absolute atomic E-state index is 5.37. The molecule has 0 atom stereocenters. The average molecular weight is 306 g/mol. The van der Waals surface area contributed by atoms with Gasteiger partial charge in [-0.2, -0.15) is 0 Å². The van der Waals surface area contributed by atoms with Gasteiger partial charge in [0.2, 0.25) is 5.88 Å². The molecule has 0 aliphatic rings. The molecular formula is C18H18N4O. The first kappa shape index (κ1) is 15.0. The van der Waals surface area contributed by atoms with Crippen molar-refractivity contribution in [3.63, 3.8) is 0 Å². The molecule has 3 aromatic rings. The average Bonchev–Trinajstić information content (AvgIpc) is 2.62. The molecule has 0 spiro atoms. The number of ether oxygens (including phenoxy) is 1. The van der Waals surface area contributed by atoms with Gasteiger partial charge < -0.3 is 10.1 Å². The molecular weight excluding hydrogens is 288 g/mol. The summed E-state index contributed by atoms with van der Waals surface area (Å²) in [6.45, 7) is 3.21. The highest BCUT2D eigenvalue weighted by Crippen LogP contribution is 2.19. The van der Waals surface area contributed by atoms with Crippen LogP contribution in [-0.2, 0) is 6.54 Å². The van der Waals surface area contributed by atoms with E-state index in [2.05, 4.69) is 50.6 Å². The first-order valence-electron chi connectivity index (χ1n) is 7.53. The smallest absolute Gasteiger partial charge is 0.218 e. The van der Waals surface area contributed by atoms with E-state index in [1.165, 1.54) is 11.9 Å². The van der Waals surface area contributed by atoms with E-state index in [9.17, 15) is 0 Å². The number of anilines is 1. The van der Waals surface area contributed by atoms with Crippen LogP contribution in [0.1, 0.15) is 12.5 Å². The number of aromatic nitrogens is 3. The van der Waals surface area contributed by atoms with Crippen molar-refractivity contribution < 1.29 is 4.74 Å². The third kappa shape index (κ3) is 4.03. The summed E-state index contributed by atoms with van der Waals surface area (Å²) < 4.78 is 5.37. The Bertz CT molecular complexity index is 744. The molecule has 0 aliphatic carbocycles. The topological polar surface area (TPSA) is 59.9 Å². The fourth-order valence-electron chi connectivity index (χ4n) is 2.20. The molecule has 0 unspecified atom stereocenters. The first-order chi connectivity index (χ1) is 11.3. The van der Waals surface area contributed by atoms with Crippen LogP contribution in [0.3, 0.4) is 0 Å². The number of benzene rings is 1. The number of rotatable bonds is 6. The van der Waals surface area contributed by atoms with E-state index in [-0.39, 0.29) is 0 Å². The second-order valence-corrected chi connectivity index (χ2v) is 4.97. The van der Waals surface area contributed by atoms with Gasteiger partial charge >= 0.3 is 0 Å². The predicted octanol–water partition coefficient (Wildman–Crippen LogP) is 3.55. The summed E-state index contributed by atoms with van der Waals surface area (Å²) in [5, 5.41) is 3.28. The summed E-state index contributed by atoms with van der Waals surface area (Å²) in [6.07, 6.45) is 5.14. The zero-order chi connectivity index (χ0) is 15.9. The van der Waals surface area contributed by atoms with Gasteiger partial charge in [-0.25, -0.2) is 9.97 Å². The van der Waals surface area contributed by atoms with E-state index in [0.29, 0.717) is 19.0 Å². The van der Waals surface area contributed by atoms with Gasteiger partial charge in [-0.15, -0.1) is 0 Å². The summed E-state index contributed by atoms with van der Waals surface area (Å²) in [6, 6.07) is 14.2. The van der Waals surface area contributed by atoms with E-state index in [4.69, 9.17) is 4.74 Å². The summed E-state index contributed by atoms with van der Waals surface area (Å²) in [5.74, 6) is 1.33. The Balaban J connectivity index is 1.64. The van der Waals surface area contributed by atoms with E-state index < -0.39 is 0 Å². The van der Waals surface area contributed by atoms with E-state index in [1.807, 2.05) is 19.2 Å². The van der Waals surface area contributed by atoms with Gasteiger partial charge in [0.1, 0.15) is 12.1 Å². The SMILES string of the molecule is CCOc1cc(NCc2ccc(-c3cccnc3)cc2)ncn1. The molecule has 0 bridgehead atoms. The Morgan fingerprint density at radius 3 is 2.65 bits per heavy atom. The van der Waals surface area contributed by atoms with Gasteiger partial charge in [-0.1, -0.05) is 30.3 Å². The Labute approximate surface area is 135 Å². The zero-order valence-electron chi connectivity index (χ0n) is 12.9. The van der Waals surface area contributed by atoms with Crippen LogP contribution in [0.25, 0.3) is 11.1 Å². The van der Waals surface area contributed by atoms with Gasteiger partial charge in [0.05, 0.1) is 6.61 Å². The fraction of sp³-hybridized carbons (Fsp3) is 0.167. The highest BCUT2D eigenvalue weighted by Gasteiger charge is 2.01. The molecule has 2 heterocycles. The molecule has 2 aromatic heterocycles. The van der Waals surface area contributed by atoms with Gasteiger partial charge in [-0.05, 0) is 29.7 Å². The monoisotopic (exact) mass is 306 g/mol. The van der Waals surface area contributed by atoms with Crippen LogP contribution >= 0.6 is 0 Å². The van der Waals surface area contributed by atoms with Crippen molar-refractivity contribution in [3.8, 4) is 17.0 Å². The number of hydrogen-bond donors (Lipinski definition) is 1. The van der Waals surface area contributed by atoms with Crippen molar-refractivity contribution >= 4 is 5.82 Å². The van der Waals surface area contributed by atoms with Crippen molar-refractivity contribution in [1.82, 2.24) is 15.0 Å². The molecule has 0 radical (unpaired) electrons. The molecule has 23 heavy (non-hydrogen) atoms. The number of nitrogens with one attached hydrogen (secondary N) is 1. The highest BCUT2D eigenvalue weighted by atomic mass is 16.5. The van der Waals surface area contributed by atoms with E-state index >= 15 is 0 Å². The maximum atomic E-state index is 5.37. The van der Waals surface area contributed by atoms with Crippen LogP contribution in [-0.4, -0.2) is 21.6 Å². The van der Waals surface area contributed by atoms with Gasteiger partial charge in [0.15, 0.2) is 0 Å². The Morgan fingerprint density at radius 1 is 1.04 bits per heavy atom. The van der Waals surface area contributed by atoms with E-state index in [0.717, 1.165) is 16.9 Å². The van der Waals surface area contributed by atoms with Crippen molar-refractivity contribution in [3.05, 3.63) is 66.7 Å². The zero-order valence-corrected chi connectivity index (χ0v) is 12.9. The van der Waals surface area contributed by atoms with Crippen molar-refractivity contribution in [2.45, 2.75) is 13.5 Å². The normalized spacial score (nSPS) is 10.3. The minimum atomic E-state index is 0.580. The molecule has 116 valence electrons. The second-order valence-electron chi connectivity index (χ2n) is 4.97. The molecule has 0 fully saturated rings. The van der Waals surface area contributed by atoms with E-state index in [1.54, 1.807) is 12.3 Å². The molecule has 0 aliphatic heterocycles. The quantitative estimate of drug-likeness (QED) is 0.754. The first-order valence-corrected chi connectivity index (χ1v) is 7.53. The molecule has 0 saturated carbocycles. The minimum Gasteiger partial charge on any atom is -0.478 e. The summed E-state index contributed by atoms with van der Waals surface area (Å²) in [7, 11) is 0. The molecule has 0 amide bonds. The summed E-state index contributed by atoms with van der Waals surface area (Å²) in [5.41, 5.74) is 3.45. The minimum absolute atomic E-state index is 0.580. The largest absolute Gasteiger partial charge is 0.478 e. The van der Waals surface area contributed by atoms with Gasteiger partial charge in [0, 0.05) is 25.0 Å². The predicted molar refractivity (Wildman–Crippen MR) is 90.2 cm³/mol. The molecule has 5 nitrogen and oxygen atoms in total. The van der Waals surface area contributed by atoms with Crippen LogP contribution < -0.4 is 10.1 Å². The van der Waals surface area contributed by atoms with Crippen molar-refractivity contribution in [1.29, 1.82) is 0 Å². The molecule has 3 rings (SSSR count). The van der Waals surface area contributed by atoms with Crippen LogP contribution in [0.5, 0.6) is 5.88 Å². The van der Waals surface area contributed by atoms with Crippen molar-refractivity contribution in [2.24, 2.45) is 0 Å². The molecule has 1 N–H and O–H groups in total. The molecule has 0 saturated heterocycles.